The summed E-state index contributed by atoms with van der Waals surface area (Å²) in [5, 5.41) is 7.76. The molecular formula is C16H24N4O. The number of methoxy groups -OCH3 is 1. The fourth-order valence-electron chi connectivity index (χ4n) is 2.46. The van der Waals surface area contributed by atoms with Gasteiger partial charge >= 0.3 is 0 Å². The fourth-order valence-corrected chi connectivity index (χ4v) is 2.46. The lowest BCUT2D eigenvalue weighted by molar-refractivity contribution is 0.394. The molecule has 0 amide bonds. The minimum atomic E-state index is 0.433. The third kappa shape index (κ3) is 4.04. The predicted molar refractivity (Wildman–Crippen MR) is 83.3 cm³/mol. The SMILES string of the molecule is COc1cccc(CNC[C@H](c2ccnn2C)C(C)C)n1. The van der Waals surface area contributed by atoms with Gasteiger partial charge in [-0.2, -0.15) is 5.10 Å². The number of aromatic nitrogens is 3. The highest BCUT2D eigenvalue weighted by Gasteiger charge is 2.18. The van der Waals surface area contributed by atoms with E-state index in [2.05, 4.69) is 35.3 Å². The first kappa shape index (κ1) is 15.5. The maximum absolute atomic E-state index is 5.14. The van der Waals surface area contributed by atoms with Crippen LogP contribution in [0.1, 0.15) is 31.2 Å². The van der Waals surface area contributed by atoms with Crippen LogP contribution in [0.25, 0.3) is 0 Å². The molecule has 1 N–H and O–H groups in total. The topological polar surface area (TPSA) is 52.0 Å². The molecule has 0 saturated heterocycles. The molecule has 2 heterocycles. The fraction of sp³-hybridized carbons (Fsp3) is 0.500. The van der Waals surface area contributed by atoms with E-state index in [9.17, 15) is 0 Å². The van der Waals surface area contributed by atoms with E-state index >= 15 is 0 Å². The molecule has 114 valence electrons. The van der Waals surface area contributed by atoms with E-state index in [4.69, 9.17) is 4.74 Å². The molecule has 0 aliphatic heterocycles. The van der Waals surface area contributed by atoms with E-state index in [1.54, 1.807) is 7.11 Å². The van der Waals surface area contributed by atoms with E-state index in [0.717, 1.165) is 18.8 Å². The number of nitrogens with one attached hydrogen (secondary N) is 1. The van der Waals surface area contributed by atoms with Gasteiger partial charge in [0.1, 0.15) is 0 Å². The Kier molecular flexibility index (Phi) is 5.33. The highest BCUT2D eigenvalue weighted by molar-refractivity contribution is 5.15. The van der Waals surface area contributed by atoms with Gasteiger partial charge in [-0.1, -0.05) is 19.9 Å². The number of nitrogens with zero attached hydrogens (tertiary/aromatic N) is 3. The highest BCUT2D eigenvalue weighted by atomic mass is 16.5. The minimum Gasteiger partial charge on any atom is -0.481 e. The third-order valence-electron chi connectivity index (χ3n) is 3.70. The second-order valence-electron chi connectivity index (χ2n) is 5.53. The summed E-state index contributed by atoms with van der Waals surface area (Å²) in [6, 6.07) is 7.92. The molecule has 0 unspecified atom stereocenters. The largest absolute Gasteiger partial charge is 0.481 e. The zero-order valence-corrected chi connectivity index (χ0v) is 13.2. The quantitative estimate of drug-likeness (QED) is 0.849. The van der Waals surface area contributed by atoms with Gasteiger partial charge in [0.15, 0.2) is 0 Å². The molecule has 2 rings (SSSR count). The Morgan fingerprint density at radius 1 is 1.29 bits per heavy atom. The van der Waals surface area contributed by atoms with Crippen molar-refractivity contribution in [1.82, 2.24) is 20.1 Å². The van der Waals surface area contributed by atoms with Crippen LogP contribution >= 0.6 is 0 Å². The predicted octanol–water partition coefficient (Wildman–Crippen LogP) is 2.35. The summed E-state index contributed by atoms with van der Waals surface area (Å²) >= 11 is 0. The first-order chi connectivity index (χ1) is 10.1. The van der Waals surface area contributed by atoms with E-state index in [0.29, 0.717) is 17.7 Å². The molecule has 0 radical (unpaired) electrons. The maximum atomic E-state index is 5.14. The lowest BCUT2D eigenvalue weighted by atomic mass is 9.92. The zero-order valence-electron chi connectivity index (χ0n) is 13.2. The summed E-state index contributed by atoms with van der Waals surface area (Å²) in [6.45, 7) is 6.11. The molecule has 21 heavy (non-hydrogen) atoms. The Hall–Kier alpha value is -1.88. The molecule has 2 aromatic heterocycles. The monoisotopic (exact) mass is 288 g/mol. The van der Waals surface area contributed by atoms with Crippen LogP contribution in [0.3, 0.4) is 0 Å². The first-order valence-electron chi connectivity index (χ1n) is 7.30. The van der Waals surface area contributed by atoms with E-state index < -0.39 is 0 Å². The molecule has 0 aliphatic carbocycles. The van der Waals surface area contributed by atoms with Gasteiger partial charge in [0, 0.05) is 44.0 Å². The molecule has 0 fully saturated rings. The van der Waals surface area contributed by atoms with Gasteiger partial charge in [0.2, 0.25) is 5.88 Å². The van der Waals surface area contributed by atoms with Gasteiger partial charge in [-0.3, -0.25) is 4.68 Å². The van der Waals surface area contributed by atoms with Crippen molar-refractivity contribution in [2.45, 2.75) is 26.3 Å². The standard InChI is InChI=1S/C16H24N4O/c1-12(2)14(15-8-9-18-20(15)3)11-17-10-13-6-5-7-16(19-13)21-4/h5-9,12,14,17H,10-11H2,1-4H3/t14-/m0/s1. The van der Waals surface area contributed by atoms with Crippen molar-refractivity contribution in [2.75, 3.05) is 13.7 Å². The summed E-state index contributed by atoms with van der Waals surface area (Å²) < 4.78 is 7.10. The smallest absolute Gasteiger partial charge is 0.213 e. The molecule has 0 bridgehead atoms. The average Bonchev–Trinajstić information content (AvgIpc) is 2.89. The van der Waals surface area contributed by atoms with Crippen molar-refractivity contribution >= 4 is 0 Å². The number of hydrogen-bond donors (Lipinski definition) is 1. The Balaban J connectivity index is 1.95. The molecule has 0 aromatic carbocycles. The number of ether oxygens (including phenoxy) is 1. The molecule has 0 aliphatic rings. The number of rotatable bonds is 7. The third-order valence-corrected chi connectivity index (χ3v) is 3.70. The van der Waals surface area contributed by atoms with Gasteiger partial charge < -0.3 is 10.1 Å². The first-order valence-corrected chi connectivity index (χ1v) is 7.30. The Bertz CT molecular complexity index is 565. The van der Waals surface area contributed by atoms with E-state index in [1.165, 1.54) is 5.69 Å². The summed E-state index contributed by atoms with van der Waals surface area (Å²) in [5.74, 6) is 1.63. The average molecular weight is 288 g/mol. The highest BCUT2D eigenvalue weighted by Crippen LogP contribution is 2.23. The van der Waals surface area contributed by atoms with Crippen molar-refractivity contribution in [3.05, 3.63) is 41.9 Å². The van der Waals surface area contributed by atoms with E-state index in [1.807, 2.05) is 36.1 Å². The Morgan fingerprint density at radius 2 is 2.10 bits per heavy atom. The van der Waals surface area contributed by atoms with Crippen LogP contribution in [-0.4, -0.2) is 28.4 Å². The molecule has 0 spiro atoms. The van der Waals surface area contributed by atoms with Gasteiger partial charge in [0.05, 0.1) is 12.8 Å². The van der Waals surface area contributed by atoms with Crippen molar-refractivity contribution in [1.29, 1.82) is 0 Å². The number of pyridine rings is 1. The van der Waals surface area contributed by atoms with E-state index in [-0.39, 0.29) is 0 Å². The van der Waals surface area contributed by atoms with Gasteiger partial charge in [-0.05, 0) is 18.1 Å². The Morgan fingerprint density at radius 3 is 2.71 bits per heavy atom. The summed E-state index contributed by atoms with van der Waals surface area (Å²) in [6.07, 6.45) is 1.86. The molecule has 0 saturated carbocycles. The van der Waals surface area contributed by atoms with Crippen molar-refractivity contribution in [2.24, 2.45) is 13.0 Å². The lowest BCUT2D eigenvalue weighted by Crippen LogP contribution is -2.26. The van der Waals surface area contributed by atoms with Crippen LogP contribution in [0.15, 0.2) is 30.5 Å². The van der Waals surface area contributed by atoms with Crippen molar-refractivity contribution in [3.8, 4) is 5.88 Å². The molecule has 5 nitrogen and oxygen atoms in total. The zero-order chi connectivity index (χ0) is 15.2. The van der Waals surface area contributed by atoms with Gasteiger partial charge in [-0.15, -0.1) is 0 Å². The second-order valence-corrected chi connectivity index (χ2v) is 5.53. The summed E-state index contributed by atoms with van der Waals surface area (Å²) in [5.41, 5.74) is 2.25. The van der Waals surface area contributed by atoms with Crippen molar-refractivity contribution < 1.29 is 4.74 Å². The van der Waals surface area contributed by atoms with Crippen LogP contribution < -0.4 is 10.1 Å². The van der Waals surface area contributed by atoms with Crippen LogP contribution in [0.5, 0.6) is 5.88 Å². The summed E-state index contributed by atoms with van der Waals surface area (Å²) in [4.78, 5) is 4.41. The summed E-state index contributed by atoms with van der Waals surface area (Å²) in [7, 11) is 3.63. The van der Waals surface area contributed by atoms with Crippen LogP contribution in [0, 0.1) is 5.92 Å². The van der Waals surface area contributed by atoms with Crippen molar-refractivity contribution in [3.63, 3.8) is 0 Å². The number of hydrogen-bond acceptors (Lipinski definition) is 4. The van der Waals surface area contributed by atoms with Gasteiger partial charge in [0.25, 0.3) is 0 Å². The number of aryl methyl sites for hydroxylation is 1. The maximum Gasteiger partial charge on any atom is 0.213 e. The van der Waals surface area contributed by atoms with Crippen LogP contribution in [0.2, 0.25) is 0 Å². The lowest BCUT2D eigenvalue weighted by Gasteiger charge is -2.21. The van der Waals surface area contributed by atoms with Crippen LogP contribution in [0.4, 0.5) is 0 Å². The Labute approximate surface area is 126 Å². The molecule has 2 aromatic rings. The van der Waals surface area contributed by atoms with Crippen LogP contribution in [-0.2, 0) is 13.6 Å². The second kappa shape index (κ2) is 7.22. The van der Waals surface area contributed by atoms with Gasteiger partial charge in [-0.25, -0.2) is 4.98 Å². The minimum absolute atomic E-state index is 0.433. The molecule has 1 atom stereocenters. The normalized spacial score (nSPS) is 12.6. The molecular weight excluding hydrogens is 264 g/mol. The molecule has 5 heteroatoms.